The van der Waals surface area contributed by atoms with Gasteiger partial charge in [0.2, 0.25) is 5.91 Å². The number of carbonyl (C=O) groups excluding carboxylic acids is 1. The lowest BCUT2D eigenvalue weighted by molar-refractivity contribution is -0.115. The van der Waals surface area contributed by atoms with Gasteiger partial charge in [0.15, 0.2) is 15.7 Å². The summed E-state index contributed by atoms with van der Waals surface area (Å²) in [4.78, 5) is 11.4. The van der Waals surface area contributed by atoms with E-state index in [4.69, 9.17) is 4.52 Å². The van der Waals surface area contributed by atoms with Crippen LogP contribution in [-0.4, -0.2) is 25.2 Å². The molecule has 1 heterocycles. The zero-order chi connectivity index (χ0) is 13.1. The molecule has 1 aromatic rings. The van der Waals surface area contributed by atoms with Gasteiger partial charge >= 0.3 is 0 Å². The number of anilines is 1. The highest BCUT2D eigenvalue weighted by atomic mass is 32.2. The van der Waals surface area contributed by atoms with E-state index in [9.17, 15) is 13.2 Å². The highest BCUT2D eigenvalue weighted by Crippen LogP contribution is 2.16. The molecule has 1 rings (SSSR count). The second kappa shape index (κ2) is 5.13. The molecule has 1 aromatic heterocycles. The molecule has 6 nitrogen and oxygen atoms in total. The number of hydrogen-bond donors (Lipinski definition) is 1. The fourth-order valence-electron chi connectivity index (χ4n) is 1.05. The molecule has 0 radical (unpaired) electrons. The van der Waals surface area contributed by atoms with Crippen LogP contribution in [0.25, 0.3) is 0 Å². The standard InChI is InChI=1S/C10H14N2O4S/c1-4-17(14,15)6-5-9(13)11-10-7(2)8(3)16-12-10/h4H,1,5-6H2,2-3H3,(H,11,12,13). The number of hydrogen-bond acceptors (Lipinski definition) is 5. The number of nitrogens with one attached hydrogen (secondary N) is 1. The quantitative estimate of drug-likeness (QED) is 0.856. The van der Waals surface area contributed by atoms with Gasteiger partial charge in [-0.1, -0.05) is 11.7 Å². The lowest BCUT2D eigenvalue weighted by Gasteiger charge is -2.01. The molecule has 0 unspecified atom stereocenters. The molecule has 0 aromatic carbocycles. The first-order valence-corrected chi connectivity index (χ1v) is 6.65. The maximum atomic E-state index is 11.4. The van der Waals surface area contributed by atoms with Gasteiger partial charge < -0.3 is 9.84 Å². The smallest absolute Gasteiger partial charge is 0.226 e. The molecule has 94 valence electrons. The Hall–Kier alpha value is -1.63. The van der Waals surface area contributed by atoms with Gasteiger partial charge in [0.1, 0.15) is 5.76 Å². The Morgan fingerprint density at radius 3 is 2.65 bits per heavy atom. The van der Waals surface area contributed by atoms with Gasteiger partial charge in [0, 0.05) is 17.4 Å². The van der Waals surface area contributed by atoms with Gasteiger partial charge in [-0.3, -0.25) is 4.79 Å². The number of aromatic nitrogens is 1. The van der Waals surface area contributed by atoms with Crippen molar-refractivity contribution in [2.75, 3.05) is 11.1 Å². The number of carbonyl (C=O) groups is 1. The normalized spacial score (nSPS) is 11.2. The minimum absolute atomic E-state index is 0.139. The SMILES string of the molecule is C=CS(=O)(=O)CCC(=O)Nc1noc(C)c1C. The Morgan fingerprint density at radius 2 is 2.18 bits per heavy atom. The Labute approximate surface area is 99.6 Å². The highest BCUT2D eigenvalue weighted by molar-refractivity contribution is 7.94. The summed E-state index contributed by atoms with van der Waals surface area (Å²) in [5.74, 6) is 0.243. The summed E-state index contributed by atoms with van der Waals surface area (Å²) in [5.41, 5.74) is 0.727. The first-order chi connectivity index (χ1) is 7.85. The molecule has 0 saturated heterocycles. The van der Waals surface area contributed by atoms with Crippen LogP contribution in [0.3, 0.4) is 0 Å². The van der Waals surface area contributed by atoms with E-state index in [1.807, 2.05) is 0 Å². The van der Waals surface area contributed by atoms with Crippen LogP contribution in [0.15, 0.2) is 16.5 Å². The number of rotatable bonds is 5. The zero-order valence-corrected chi connectivity index (χ0v) is 10.5. The lowest BCUT2D eigenvalue weighted by Crippen LogP contribution is -2.16. The topological polar surface area (TPSA) is 89.3 Å². The van der Waals surface area contributed by atoms with Crippen LogP contribution in [0.2, 0.25) is 0 Å². The van der Waals surface area contributed by atoms with E-state index < -0.39 is 15.7 Å². The van der Waals surface area contributed by atoms with E-state index in [0.29, 0.717) is 11.6 Å². The van der Waals surface area contributed by atoms with Crippen molar-refractivity contribution in [1.82, 2.24) is 5.16 Å². The van der Waals surface area contributed by atoms with E-state index in [-0.39, 0.29) is 12.2 Å². The lowest BCUT2D eigenvalue weighted by atomic mass is 10.3. The van der Waals surface area contributed by atoms with Gasteiger partial charge in [0.05, 0.1) is 5.75 Å². The monoisotopic (exact) mass is 258 g/mol. The Kier molecular flexibility index (Phi) is 4.06. The molecule has 0 spiro atoms. The third-order valence-corrected chi connectivity index (χ3v) is 3.56. The first kappa shape index (κ1) is 13.4. The van der Waals surface area contributed by atoms with Crippen molar-refractivity contribution in [2.24, 2.45) is 0 Å². The Morgan fingerprint density at radius 1 is 1.53 bits per heavy atom. The first-order valence-electron chi connectivity index (χ1n) is 4.93. The van der Waals surface area contributed by atoms with Crippen LogP contribution < -0.4 is 5.32 Å². The molecule has 1 amide bonds. The summed E-state index contributed by atoms with van der Waals surface area (Å²) in [5, 5.41) is 6.97. The summed E-state index contributed by atoms with van der Waals surface area (Å²) in [7, 11) is -3.35. The molecule has 0 aliphatic heterocycles. The van der Waals surface area contributed by atoms with Crippen molar-refractivity contribution in [3.05, 3.63) is 23.3 Å². The summed E-state index contributed by atoms with van der Waals surface area (Å²) < 4.78 is 27.1. The third kappa shape index (κ3) is 3.70. The molecule has 7 heteroatoms. The molecule has 0 fully saturated rings. The van der Waals surface area contributed by atoms with Crippen molar-refractivity contribution in [3.8, 4) is 0 Å². The van der Waals surface area contributed by atoms with Crippen molar-refractivity contribution >= 4 is 21.6 Å². The summed E-state index contributed by atoms with van der Waals surface area (Å²) in [6.07, 6.45) is -0.139. The van der Waals surface area contributed by atoms with Crippen molar-refractivity contribution < 1.29 is 17.7 Å². The van der Waals surface area contributed by atoms with E-state index in [1.54, 1.807) is 13.8 Å². The predicted octanol–water partition coefficient (Wildman–Crippen LogP) is 1.18. The van der Waals surface area contributed by atoms with Crippen molar-refractivity contribution in [3.63, 3.8) is 0 Å². The Bertz CT molecular complexity index is 531. The van der Waals surface area contributed by atoms with Gasteiger partial charge in [0.25, 0.3) is 0 Å². The minimum Gasteiger partial charge on any atom is -0.359 e. The van der Waals surface area contributed by atoms with Crippen LogP contribution >= 0.6 is 0 Å². The Balaban J connectivity index is 2.57. The second-order valence-electron chi connectivity index (χ2n) is 3.54. The van der Waals surface area contributed by atoms with Crippen LogP contribution in [0.5, 0.6) is 0 Å². The van der Waals surface area contributed by atoms with Crippen LogP contribution in [-0.2, 0) is 14.6 Å². The molecule has 0 saturated carbocycles. The molecule has 0 atom stereocenters. The van der Waals surface area contributed by atoms with Crippen LogP contribution in [0, 0.1) is 13.8 Å². The fraction of sp³-hybridized carbons (Fsp3) is 0.400. The molecule has 0 bridgehead atoms. The zero-order valence-electron chi connectivity index (χ0n) is 9.69. The second-order valence-corrected chi connectivity index (χ2v) is 5.61. The van der Waals surface area contributed by atoms with Crippen molar-refractivity contribution in [2.45, 2.75) is 20.3 Å². The number of nitrogens with zero attached hydrogens (tertiary/aromatic N) is 1. The summed E-state index contributed by atoms with van der Waals surface area (Å²) >= 11 is 0. The largest absolute Gasteiger partial charge is 0.359 e. The van der Waals surface area contributed by atoms with Gasteiger partial charge in [-0.2, -0.15) is 0 Å². The van der Waals surface area contributed by atoms with Crippen molar-refractivity contribution in [1.29, 1.82) is 0 Å². The van der Waals surface area contributed by atoms with Gasteiger partial charge in [-0.05, 0) is 13.8 Å². The average Bonchev–Trinajstić information content (AvgIpc) is 2.59. The number of sulfone groups is 1. The van der Waals surface area contributed by atoms with E-state index >= 15 is 0 Å². The van der Waals surface area contributed by atoms with E-state index in [0.717, 1.165) is 11.0 Å². The van der Waals surface area contributed by atoms with Gasteiger partial charge in [-0.25, -0.2) is 8.42 Å². The van der Waals surface area contributed by atoms with Crippen LogP contribution in [0.4, 0.5) is 5.82 Å². The van der Waals surface area contributed by atoms with Crippen LogP contribution in [0.1, 0.15) is 17.7 Å². The molecule has 1 N–H and O–H groups in total. The predicted molar refractivity (Wildman–Crippen MR) is 63.2 cm³/mol. The number of aryl methyl sites for hydroxylation is 1. The maximum Gasteiger partial charge on any atom is 0.226 e. The number of amides is 1. The molecular weight excluding hydrogens is 244 g/mol. The summed E-state index contributed by atoms with van der Waals surface area (Å²) in [6.45, 7) is 6.64. The molecule has 17 heavy (non-hydrogen) atoms. The maximum absolute atomic E-state index is 11.4. The molecular formula is C10H14N2O4S. The highest BCUT2D eigenvalue weighted by Gasteiger charge is 2.13. The average molecular weight is 258 g/mol. The van der Waals surface area contributed by atoms with E-state index in [1.165, 1.54) is 0 Å². The fourth-order valence-corrected chi connectivity index (χ4v) is 1.68. The summed E-state index contributed by atoms with van der Waals surface area (Å²) in [6, 6.07) is 0. The molecule has 0 aliphatic carbocycles. The minimum atomic E-state index is -3.35. The third-order valence-electron chi connectivity index (χ3n) is 2.28. The van der Waals surface area contributed by atoms with E-state index in [2.05, 4.69) is 17.1 Å². The van der Waals surface area contributed by atoms with Gasteiger partial charge in [-0.15, -0.1) is 0 Å². The molecule has 0 aliphatic rings.